The van der Waals surface area contributed by atoms with E-state index in [1.807, 2.05) is 6.07 Å². The Kier molecular flexibility index (Phi) is 7.06. The van der Waals surface area contributed by atoms with Gasteiger partial charge in [0.2, 0.25) is 0 Å². The lowest BCUT2D eigenvalue weighted by molar-refractivity contribution is -0.123. The van der Waals surface area contributed by atoms with Gasteiger partial charge in [-0.05, 0) is 60.2 Å². The summed E-state index contributed by atoms with van der Waals surface area (Å²) >= 11 is 0. The van der Waals surface area contributed by atoms with E-state index >= 15 is 0 Å². The maximum absolute atomic E-state index is 13.2. The van der Waals surface area contributed by atoms with Crippen molar-refractivity contribution in [2.75, 3.05) is 6.61 Å². The van der Waals surface area contributed by atoms with Crippen LogP contribution in [0.5, 0.6) is 11.5 Å². The Balaban J connectivity index is 1.48. The zero-order chi connectivity index (χ0) is 22.1. The summed E-state index contributed by atoms with van der Waals surface area (Å²) in [7, 11) is 0. The number of halogens is 1. The number of rotatable bonds is 7. The van der Waals surface area contributed by atoms with Gasteiger partial charge in [0, 0.05) is 0 Å². The molecule has 0 aliphatic rings. The van der Waals surface area contributed by atoms with Gasteiger partial charge in [-0.1, -0.05) is 18.2 Å². The fourth-order valence-electron chi connectivity index (χ4n) is 2.44. The van der Waals surface area contributed by atoms with Crippen LogP contribution in [0.2, 0.25) is 0 Å². The molecule has 7 nitrogen and oxygen atoms in total. The molecule has 0 saturated carbocycles. The van der Waals surface area contributed by atoms with Crippen LogP contribution in [0.3, 0.4) is 0 Å². The van der Waals surface area contributed by atoms with Crippen LogP contribution in [0.4, 0.5) is 4.39 Å². The molecule has 31 heavy (non-hydrogen) atoms. The largest absolute Gasteiger partial charge is 0.482 e. The third-order valence-electron chi connectivity index (χ3n) is 3.92. The van der Waals surface area contributed by atoms with Gasteiger partial charge in [0.05, 0.1) is 17.3 Å². The van der Waals surface area contributed by atoms with Crippen LogP contribution in [0.15, 0.2) is 77.9 Å². The maximum Gasteiger partial charge on any atom is 0.343 e. The average molecular weight is 417 g/mol. The summed E-state index contributed by atoms with van der Waals surface area (Å²) in [5.74, 6) is -1.11. The highest BCUT2D eigenvalue weighted by atomic mass is 19.1. The van der Waals surface area contributed by atoms with E-state index < -0.39 is 17.7 Å². The van der Waals surface area contributed by atoms with Crippen molar-refractivity contribution in [2.24, 2.45) is 5.10 Å². The van der Waals surface area contributed by atoms with Gasteiger partial charge in [0.1, 0.15) is 23.4 Å². The van der Waals surface area contributed by atoms with E-state index in [4.69, 9.17) is 14.7 Å². The fourth-order valence-corrected chi connectivity index (χ4v) is 2.44. The first kappa shape index (κ1) is 21.2. The number of nitrogens with one attached hydrogen (secondary N) is 1. The number of esters is 1. The van der Waals surface area contributed by atoms with E-state index in [1.165, 1.54) is 24.4 Å². The summed E-state index contributed by atoms with van der Waals surface area (Å²) in [6, 6.07) is 20.1. The van der Waals surface area contributed by atoms with Crippen molar-refractivity contribution in [1.29, 1.82) is 5.26 Å². The molecular weight excluding hydrogens is 401 g/mol. The molecule has 0 saturated heterocycles. The Morgan fingerprint density at radius 1 is 1.06 bits per heavy atom. The summed E-state index contributed by atoms with van der Waals surface area (Å²) in [5.41, 5.74) is 3.39. The Labute approximate surface area is 177 Å². The molecule has 0 bridgehead atoms. The fraction of sp³-hybridized carbons (Fsp3) is 0.0435. The molecule has 0 heterocycles. The molecule has 3 aromatic carbocycles. The average Bonchev–Trinajstić information content (AvgIpc) is 2.79. The van der Waals surface area contributed by atoms with Gasteiger partial charge < -0.3 is 9.47 Å². The summed E-state index contributed by atoms with van der Waals surface area (Å²) in [4.78, 5) is 23.8. The molecule has 3 rings (SSSR count). The van der Waals surface area contributed by atoms with Crippen LogP contribution in [0, 0.1) is 17.1 Å². The number of benzene rings is 3. The number of ether oxygens (including phenoxy) is 2. The lowest BCUT2D eigenvalue weighted by Gasteiger charge is -2.06. The second-order valence-corrected chi connectivity index (χ2v) is 6.16. The van der Waals surface area contributed by atoms with E-state index in [9.17, 15) is 14.0 Å². The third-order valence-corrected chi connectivity index (χ3v) is 3.92. The topological polar surface area (TPSA) is 101 Å². The molecule has 8 heteroatoms. The zero-order valence-corrected chi connectivity index (χ0v) is 16.1. The number of hydrogen-bond donors (Lipinski definition) is 1. The first-order chi connectivity index (χ1) is 15.0. The second-order valence-electron chi connectivity index (χ2n) is 6.16. The maximum atomic E-state index is 13.2. The van der Waals surface area contributed by atoms with Crippen molar-refractivity contribution in [3.63, 3.8) is 0 Å². The highest BCUT2D eigenvalue weighted by molar-refractivity contribution is 5.91. The van der Waals surface area contributed by atoms with Gasteiger partial charge in [0.25, 0.3) is 5.91 Å². The van der Waals surface area contributed by atoms with Crippen molar-refractivity contribution in [3.8, 4) is 17.6 Å². The lowest BCUT2D eigenvalue weighted by atomic mass is 10.2. The molecule has 0 fully saturated rings. The van der Waals surface area contributed by atoms with Gasteiger partial charge in [-0.25, -0.2) is 14.6 Å². The third kappa shape index (κ3) is 6.24. The Morgan fingerprint density at radius 2 is 1.84 bits per heavy atom. The number of hydrazone groups is 1. The molecule has 0 spiro atoms. The van der Waals surface area contributed by atoms with Crippen molar-refractivity contribution in [3.05, 3.63) is 95.3 Å². The van der Waals surface area contributed by atoms with E-state index in [-0.39, 0.29) is 17.9 Å². The minimum absolute atomic E-state index is 0.105. The SMILES string of the molecule is N#Cc1ccccc1OCC(=O)N/N=C/c1ccc(OC(=O)c2cccc(F)c2)cc1. The van der Waals surface area contributed by atoms with E-state index in [0.717, 1.165) is 6.07 Å². The summed E-state index contributed by atoms with van der Waals surface area (Å²) in [6.07, 6.45) is 1.40. The van der Waals surface area contributed by atoms with Crippen LogP contribution < -0.4 is 14.9 Å². The van der Waals surface area contributed by atoms with Crippen LogP contribution in [0.25, 0.3) is 0 Å². The minimum Gasteiger partial charge on any atom is -0.482 e. The van der Waals surface area contributed by atoms with Crippen LogP contribution in [0.1, 0.15) is 21.5 Å². The van der Waals surface area contributed by atoms with E-state index in [0.29, 0.717) is 16.9 Å². The smallest absolute Gasteiger partial charge is 0.343 e. The van der Waals surface area contributed by atoms with Crippen LogP contribution in [-0.2, 0) is 4.79 Å². The van der Waals surface area contributed by atoms with Gasteiger partial charge in [-0.3, -0.25) is 4.79 Å². The van der Waals surface area contributed by atoms with Crippen molar-refractivity contribution >= 4 is 18.1 Å². The predicted octanol–water partition coefficient (Wildman–Crippen LogP) is 3.45. The number of para-hydroxylation sites is 1. The summed E-state index contributed by atoms with van der Waals surface area (Å²) < 4.78 is 23.7. The van der Waals surface area contributed by atoms with Crippen molar-refractivity contribution in [2.45, 2.75) is 0 Å². The standard InChI is InChI=1S/C23H16FN3O4/c24-19-6-3-5-17(12-19)23(29)31-20-10-8-16(9-11-20)14-26-27-22(28)15-30-21-7-2-1-4-18(21)13-25/h1-12,14H,15H2,(H,27,28)/b26-14+. The number of carbonyl (C=O) groups is 2. The van der Waals surface area contributed by atoms with Crippen molar-refractivity contribution in [1.82, 2.24) is 5.43 Å². The molecule has 1 amide bonds. The van der Waals surface area contributed by atoms with E-state index in [1.54, 1.807) is 48.5 Å². The van der Waals surface area contributed by atoms with Gasteiger partial charge in [-0.15, -0.1) is 0 Å². The Morgan fingerprint density at radius 3 is 2.58 bits per heavy atom. The molecule has 154 valence electrons. The highest BCUT2D eigenvalue weighted by Gasteiger charge is 2.09. The quantitative estimate of drug-likeness (QED) is 0.275. The number of carbonyl (C=O) groups excluding carboxylic acids is 2. The molecular formula is C23H16FN3O4. The van der Waals surface area contributed by atoms with Crippen LogP contribution in [-0.4, -0.2) is 24.7 Å². The molecule has 0 atom stereocenters. The molecule has 0 aromatic heterocycles. The first-order valence-electron chi connectivity index (χ1n) is 9.07. The lowest BCUT2D eigenvalue weighted by Crippen LogP contribution is -2.24. The number of amides is 1. The summed E-state index contributed by atoms with van der Waals surface area (Å²) in [6.45, 7) is -0.301. The predicted molar refractivity (Wildman–Crippen MR) is 110 cm³/mol. The number of nitrogens with zero attached hydrogens (tertiary/aromatic N) is 2. The van der Waals surface area contributed by atoms with Gasteiger partial charge >= 0.3 is 5.97 Å². The number of hydrogen-bond acceptors (Lipinski definition) is 6. The number of nitriles is 1. The van der Waals surface area contributed by atoms with Gasteiger partial charge in [0.15, 0.2) is 6.61 Å². The monoisotopic (exact) mass is 417 g/mol. The second kappa shape index (κ2) is 10.3. The van der Waals surface area contributed by atoms with Gasteiger partial charge in [-0.2, -0.15) is 10.4 Å². The highest BCUT2D eigenvalue weighted by Crippen LogP contribution is 2.16. The van der Waals surface area contributed by atoms with Crippen molar-refractivity contribution < 1.29 is 23.5 Å². The summed E-state index contributed by atoms with van der Waals surface area (Å²) in [5, 5.41) is 12.8. The van der Waals surface area contributed by atoms with Crippen LogP contribution >= 0.6 is 0 Å². The molecule has 0 aliphatic carbocycles. The molecule has 3 aromatic rings. The first-order valence-corrected chi connectivity index (χ1v) is 9.07. The normalized spacial score (nSPS) is 10.3. The minimum atomic E-state index is -0.675. The molecule has 0 aliphatic heterocycles. The Bertz CT molecular complexity index is 1150. The zero-order valence-electron chi connectivity index (χ0n) is 16.1. The molecule has 0 unspecified atom stereocenters. The molecule has 1 N–H and O–H groups in total. The van der Waals surface area contributed by atoms with E-state index in [2.05, 4.69) is 10.5 Å². The molecule has 0 radical (unpaired) electrons. The Hall–Kier alpha value is -4.51.